The molecular weight excluding hydrogens is 466 g/mol. The van der Waals surface area contributed by atoms with Gasteiger partial charge in [-0.1, -0.05) is 43.7 Å². The summed E-state index contributed by atoms with van der Waals surface area (Å²) in [7, 11) is 1.73. The molecular formula is C27H36F2N4O3. The zero-order valence-corrected chi connectivity index (χ0v) is 21.2. The second-order valence-electron chi connectivity index (χ2n) is 7.77. The van der Waals surface area contributed by atoms with Crippen LogP contribution in [-0.4, -0.2) is 46.9 Å². The molecule has 0 saturated carbocycles. The van der Waals surface area contributed by atoms with Gasteiger partial charge in [-0.15, -0.1) is 0 Å². The Morgan fingerprint density at radius 3 is 2.33 bits per heavy atom. The van der Waals surface area contributed by atoms with Crippen molar-refractivity contribution in [3.05, 3.63) is 99.5 Å². The molecule has 1 heterocycles. The number of benzene rings is 2. The standard InChI is InChI=1S/C19H24F2N2O.C6H6N2O2.C2H6/c1-13-4-3-5-14(6-13)11-23-12-19(24)18(22-2)9-15-7-16(20)10-17(21)8-15;9-5-4-8-6(10)2-1-3-7-8;1-2/h3-8,10,18-19,22-24H,9,11-12H2,1-2H3;1-3,5H,4H2;1-2H3/t18-,19+;;/m0../s1. The number of hydrogen-bond donors (Lipinski definition) is 3. The summed E-state index contributed by atoms with van der Waals surface area (Å²) >= 11 is 0. The molecule has 0 unspecified atom stereocenters. The monoisotopic (exact) mass is 502 g/mol. The minimum atomic E-state index is -0.675. The van der Waals surface area contributed by atoms with Crippen molar-refractivity contribution in [2.45, 2.75) is 52.4 Å². The minimum Gasteiger partial charge on any atom is -0.390 e. The molecule has 0 fully saturated rings. The number of nitrogens with one attached hydrogen (secondary N) is 2. The highest BCUT2D eigenvalue weighted by molar-refractivity contribution is 5.48. The van der Waals surface area contributed by atoms with E-state index < -0.39 is 17.7 Å². The lowest BCUT2D eigenvalue weighted by molar-refractivity contribution is -0.108. The number of carbonyl (C=O) groups is 1. The van der Waals surface area contributed by atoms with Crippen LogP contribution in [0.15, 0.2) is 65.6 Å². The number of hydrogen-bond acceptors (Lipinski definition) is 6. The van der Waals surface area contributed by atoms with Crippen LogP contribution in [0.3, 0.4) is 0 Å². The third kappa shape index (κ3) is 11.4. The van der Waals surface area contributed by atoms with E-state index in [1.165, 1.54) is 36.0 Å². The van der Waals surface area contributed by atoms with E-state index in [-0.39, 0.29) is 18.1 Å². The van der Waals surface area contributed by atoms with Crippen LogP contribution >= 0.6 is 0 Å². The zero-order valence-electron chi connectivity index (χ0n) is 21.2. The molecule has 7 nitrogen and oxygen atoms in total. The number of halogens is 2. The first kappa shape index (κ1) is 30.8. The lowest BCUT2D eigenvalue weighted by Crippen LogP contribution is -2.44. The lowest BCUT2D eigenvalue weighted by atomic mass is 10.0. The molecule has 0 aliphatic carbocycles. The van der Waals surface area contributed by atoms with Crippen molar-refractivity contribution in [1.82, 2.24) is 20.4 Å². The van der Waals surface area contributed by atoms with Gasteiger partial charge in [0.25, 0.3) is 5.56 Å². The van der Waals surface area contributed by atoms with Gasteiger partial charge < -0.3 is 20.5 Å². The van der Waals surface area contributed by atoms with E-state index in [0.29, 0.717) is 31.4 Å². The number of nitrogens with zero attached hydrogens (tertiary/aromatic N) is 2. The maximum atomic E-state index is 13.3. The van der Waals surface area contributed by atoms with E-state index in [1.54, 1.807) is 7.05 Å². The summed E-state index contributed by atoms with van der Waals surface area (Å²) in [5, 5.41) is 20.2. The molecule has 9 heteroatoms. The van der Waals surface area contributed by atoms with E-state index in [0.717, 1.165) is 16.3 Å². The van der Waals surface area contributed by atoms with Crippen molar-refractivity contribution >= 4 is 6.29 Å². The molecule has 0 saturated heterocycles. The van der Waals surface area contributed by atoms with Gasteiger partial charge >= 0.3 is 0 Å². The first-order valence-corrected chi connectivity index (χ1v) is 11.8. The Labute approximate surface area is 211 Å². The van der Waals surface area contributed by atoms with Crippen molar-refractivity contribution < 1.29 is 18.7 Å². The van der Waals surface area contributed by atoms with Crippen LogP contribution in [0.25, 0.3) is 0 Å². The third-order valence-corrected chi connectivity index (χ3v) is 5.01. The normalized spacial score (nSPS) is 11.9. The van der Waals surface area contributed by atoms with Gasteiger partial charge in [0.2, 0.25) is 0 Å². The molecule has 0 radical (unpaired) electrons. The van der Waals surface area contributed by atoms with E-state index in [9.17, 15) is 23.5 Å². The first-order valence-electron chi connectivity index (χ1n) is 11.8. The van der Waals surface area contributed by atoms with Crippen molar-refractivity contribution in [2.75, 3.05) is 13.6 Å². The average molecular weight is 503 g/mol. The zero-order chi connectivity index (χ0) is 26.9. The van der Waals surface area contributed by atoms with Gasteiger partial charge in [0, 0.05) is 37.5 Å². The Bertz CT molecular complexity index is 1090. The van der Waals surface area contributed by atoms with E-state index in [2.05, 4.69) is 21.8 Å². The Hall–Kier alpha value is -3.27. The van der Waals surface area contributed by atoms with Crippen LogP contribution in [0, 0.1) is 18.6 Å². The molecule has 0 amide bonds. The minimum absolute atomic E-state index is 0.0275. The van der Waals surface area contributed by atoms with Crippen LogP contribution in [0.1, 0.15) is 30.5 Å². The fraction of sp³-hybridized carbons (Fsp3) is 0.370. The maximum absolute atomic E-state index is 13.3. The highest BCUT2D eigenvalue weighted by Crippen LogP contribution is 2.12. The largest absolute Gasteiger partial charge is 0.390 e. The summed E-state index contributed by atoms with van der Waals surface area (Å²) in [5.74, 6) is -1.21. The molecule has 3 N–H and O–H groups in total. The molecule has 2 atom stereocenters. The Kier molecular flexibility index (Phi) is 14.7. The van der Waals surface area contributed by atoms with Crippen molar-refractivity contribution in [3.63, 3.8) is 0 Å². The number of carbonyl (C=O) groups excluding carboxylic acids is 1. The average Bonchev–Trinajstić information content (AvgIpc) is 2.85. The third-order valence-electron chi connectivity index (χ3n) is 5.01. The fourth-order valence-electron chi connectivity index (χ4n) is 3.34. The van der Waals surface area contributed by atoms with Gasteiger partial charge in [-0.05, 0) is 49.7 Å². The van der Waals surface area contributed by atoms with Crippen molar-refractivity contribution in [1.29, 1.82) is 0 Å². The van der Waals surface area contributed by atoms with Gasteiger partial charge in [0.1, 0.15) is 24.5 Å². The van der Waals surface area contributed by atoms with Crippen LogP contribution in [-0.2, 0) is 24.3 Å². The Morgan fingerprint density at radius 1 is 1.06 bits per heavy atom. The van der Waals surface area contributed by atoms with Gasteiger partial charge in [-0.3, -0.25) is 4.79 Å². The molecule has 196 valence electrons. The van der Waals surface area contributed by atoms with Crippen LogP contribution in [0.5, 0.6) is 0 Å². The van der Waals surface area contributed by atoms with Gasteiger partial charge in [0.15, 0.2) is 0 Å². The SMILES string of the molecule is CC.CN[C@@H](Cc1cc(F)cc(F)c1)[C@H](O)CNCc1cccc(C)c1.O=CCn1ncccc1=O. The number of aromatic nitrogens is 2. The summed E-state index contributed by atoms with van der Waals surface area (Å²) in [6.45, 7) is 7.11. The smallest absolute Gasteiger partial charge is 0.267 e. The second kappa shape index (κ2) is 17.2. The maximum Gasteiger partial charge on any atom is 0.267 e. The molecule has 2 aromatic carbocycles. The van der Waals surface area contributed by atoms with Gasteiger partial charge in [-0.2, -0.15) is 5.10 Å². The number of rotatable bonds is 10. The van der Waals surface area contributed by atoms with Gasteiger partial charge in [-0.25, -0.2) is 13.5 Å². The van der Waals surface area contributed by atoms with E-state index in [1.807, 2.05) is 39.0 Å². The summed E-state index contributed by atoms with van der Waals surface area (Å²) in [4.78, 5) is 20.7. The number of likely N-dealkylation sites (N-methyl/N-ethyl adjacent to an activating group) is 1. The molecule has 36 heavy (non-hydrogen) atoms. The first-order chi connectivity index (χ1) is 17.3. The summed E-state index contributed by atoms with van der Waals surface area (Å²) in [6.07, 6.45) is 1.77. The van der Waals surface area contributed by atoms with Crippen molar-refractivity contribution in [3.8, 4) is 0 Å². The van der Waals surface area contributed by atoms with E-state index in [4.69, 9.17) is 0 Å². The summed E-state index contributed by atoms with van der Waals surface area (Å²) < 4.78 is 27.6. The number of aldehydes is 1. The molecule has 1 aromatic heterocycles. The van der Waals surface area contributed by atoms with Crippen LogP contribution in [0.4, 0.5) is 8.78 Å². The highest BCUT2D eigenvalue weighted by atomic mass is 19.1. The number of aryl methyl sites for hydroxylation is 1. The molecule has 0 aliphatic heterocycles. The summed E-state index contributed by atoms with van der Waals surface area (Å²) in [5.41, 5.74) is 2.60. The lowest BCUT2D eigenvalue weighted by Gasteiger charge is -2.23. The Balaban J connectivity index is 0.000000450. The topological polar surface area (TPSA) is 96.2 Å². The number of aliphatic hydroxyl groups is 1. The second-order valence-corrected chi connectivity index (χ2v) is 7.77. The van der Waals surface area contributed by atoms with Gasteiger partial charge in [0.05, 0.1) is 6.10 Å². The predicted octanol–water partition coefficient (Wildman–Crippen LogP) is 3.02. The molecule has 3 rings (SSSR count). The summed E-state index contributed by atoms with van der Waals surface area (Å²) in [6, 6.07) is 14.2. The molecule has 0 spiro atoms. The van der Waals surface area contributed by atoms with E-state index >= 15 is 0 Å². The highest BCUT2D eigenvalue weighted by Gasteiger charge is 2.18. The quantitative estimate of drug-likeness (QED) is 0.369. The fourth-order valence-corrected chi connectivity index (χ4v) is 3.34. The molecule has 0 bridgehead atoms. The number of aliphatic hydroxyl groups excluding tert-OH is 1. The Morgan fingerprint density at radius 2 is 1.75 bits per heavy atom. The van der Waals surface area contributed by atoms with Crippen LogP contribution < -0.4 is 16.2 Å². The molecule has 3 aromatic rings. The van der Waals surface area contributed by atoms with Crippen molar-refractivity contribution in [2.24, 2.45) is 0 Å². The van der Waals surface area contributed by atoms with Crippen LogP contribution in [0.2, 0.25) is 0 Å². The molecule has 0 aliphatic rings. The predicted molar refractivity (Wildman–Crippen MR) is 138 cm³/mol.